The molecular formula is C23H37N5O10P2. The standard InChI is InChI=1S/C23H37N5O10P2/c1-3-5-13-32-39(30,33-15-7-10-24)36-18-20-19(17-22(37-20)28-12-9-21(26)27-23(28)29)38-40(31,34-14-6-4-2)35-16-8-11-25/h9,12,19-20,22H,3-8,13-18H2,1-2H3,(H2,26,27,29)/t19-,20+,22+,39?,40?/m0/s1. The van der Waals surface area contributed by atoms with Crippen LogP contribution in [-0.4, -0.2) is 54.8 Å². The van der Waals surface area contributed by atoms with Crippen molar-refractivity contribution in [2.45, 2.75) is 77.2 Å². The molecule has 1 aliphatic rings. The van der Waals surface area contributed by atoms with Gasteiger partial charge in [-0.05, 0) is 18.9 Å². The molecule has 0 saturated carbocycles. The van der Waals surface area contributed by atoms with Gasteiger partial charge in [-0.1, -0.05) is 26.7 Å². The molecule has 0 aromatic carbocycles. The van der Waals surface area contributed by atoms with Gasteiger partial charge in [0.25, 0.3) is 0 Å². The van der Waals surface area contributed by atoms with Gasteiger partial charge in [-0.3, -0.25) is 31.7 Å². The Morgan fingerprint density at radius 1 is 1.00 bits per heavy atom. The third-order valence-corrected chi connectivity index (χ3v) is 8.41. The molecule has 1 fully saturated rings. The summed E-state index contributed by atoms with van der Waals surface area (Å²) in [6, 6.07) is 5.19. The van der Waals surface area contributed by atoms with Crippen LogP contribution in [-0.2, 0) is 41.0 Å². The molecule has 2 N–H and O–H groups in total. The summed E-state index contributed by atoms with van der Waals surface area (Å²) in [5.41, 5.74) is 4.91. The third kappa shape index (κ3) is 11.4. The van der Waals surface area contributed by atoms with Crippen molar-refractivity contribution in [3.05, 3.63) is 22.7 Å². The molecule has 0 aliphatic carbocycles. The Balaban J connectivity index is 2.28. The number of rotatable bonds is 20. The van der Waals surface area contributed by atoms with Crippen molar-refractivity contribution in [3.63, 3.8) is 0 Å². The molecule has 5 atom stereocenters. The van der Waals surface area contributed by atoms with E-state index in [2.05, 4.69) is 4.98 Å². The molecule has 1 saturated heterocycles. The van der Waals surface area contributed by atoms with Gasteiger partial charge < -0.3 is 10.5 Å². The zero-order chi connectivity index (χ0) is 29.4. The average Bonchev–Trinajstić information content (AvgIpc) is 3.30. The fourth-order valence-electron chi connectivity index (χ4n) is 3.37. The second-order valence-electron chi connectivity index (χ2n) is 8.60. The summed E-state index contributed by atoms with van der Waals surface area (Å²) in [6.45, 7) is 3.21. The van der Waals surface area contributed by atoms with Gasteiger partial charge in [0.1, 0.15) is 24.3 Å². The van der Waals surface area contributed by atoms with Gasteiger partial charge in [-0.15, -0.1) is 0 Å². The highest BCUT2D eigenvalue weighted by Crippen LogP contribution is 2.54. The molecule has 2 heterocycles. The highest BCUT2D eigenvalue weighted by atomic mass is 31.2. The van der Waals surface area contributed by atoms with Crippen molar-refractivity contribution in [1.29, 1.82) is 10.5 Å². The Morgan fingerprint density at radius 2 is 1.57 bits per heavy atom. The predicted octanol–water partition coefficient (Wildman–Crippen LogP) is 4.22. The molecule has 17 heteroatoms. The summed E-state index contributed by atoms with van der Waals surface area (Å²) in [5.74, 6) is 0.0198. The van der Waals surface area contributed by atoms with Crippen molar-refractivity contribution in [1.82, 2.24) is 9.55 Å². The zero-order valence-corrected chi connectivity index (χ0v) is 24.5. The molecule has 0 amide bonds. The summed E-state index contributed by atoms with van der Waals surface area (Å²) < 4.78 is 66.6. The van der Waals surface area contributed by atoms with Crippen LogP contribution in [0.25, 0.3) is 0 Å². The molecule has 1 aromatic heterocycles. The Bertz CT molecular complexity index is 1150. The van der Waals surface area contributed by atoms with Crippen molar-refractivity contribution in [2.75, 3.05) is 38.8 Å². The summed E-state index contributed by atoms with van der Waals surface area (Å²) in [7, 11) is -8.30. The summed E-state index contributed by atoms with van der Waals surface area (Å²) >= 11 is 0. The lowest BCUT2D eigenvalue weighted by Gasteiger charge is -2.25. The van der Waals surface area contributed by atoms with E-state index in [1.54, 1.807) is 0 Å². The van der Waals surface area contributed by atoms with Crippen LogP contribution < -0.4 is 11.4 Å². The van der Waals surface area contributed by atoms with Crippen LogP contribution >= 0.6 is 15.6 Å². The van der Waals surface area contributed by atoms with Crippen molar-refractivity contribution in [3.8, 4) is 12.1 Å². The lowest BCUT2D eigenvalue weighted by molar-refractivity contribution is -0.0496. The fraction of sp³-hybridized carbons (Fsp3) is 0.739. The van der Waals surface area contributed by atoms with Crippen LogP contribution in [0, 0.1) is 22.7 Å². The van der Waals surface area contributed by atoms with E-state index in [9.17, 15) is 13.9 Å². The van der Waals surface area contributed by atoms with E-state index < -0.39 is 46.4 Å². The quantitative estimate of drug-likeness (QED) is 0.163. The Hall–Kier alpha value is -2.16. The lowest BCUT2D eigenvalue weighted by Crippen LogP contribution is -2.29. The SMILES string of the molecule is CCCCOP(=O)(OCCC#N)OC[C@H]1O[C@@H](n2ccc(N)nc2=O)C[C@@H]1OP(=O)(OCCC#N)OCCCC. The molecule has 224 valence electrons. The highest BCUT2D eigenvalue weighted by Gasteiger charge is 2.44. The topological polar surface area (TPSA) is 207 Å². The Kier molecular flexibility index (Phi) is 15.0. The number of hydrogen-bond donors (Lipinski definition) is 1. The van der Waals surface area contributed by atoms with Crippen molar-refractivity contribution in [2.24, 2.45) is 0 Å². The maximum Gasteiger partial charge on any atom is 0.475 e. The van der Waals surface area contributed by atoms with Crippen LogP contribution in [0.4, 0.5) is 5.82 Å². The number of nitrogen functional groups attached to an aromatic ring is 1. The van der Waals surface area contributed by atoms with Crippen LogP contribution in [0.3, 0.4) is 0 Å². The Labute approximate surface area is 233 Å². The Morgan fingerprint density at radius 3 is 2.15 bits per heavy atom. The molecule has 0 bridgehead atoms. The normalized spacial score (nSPS) is 21.8. The largest absolute Gasteiger partial charge is 0.475 e. The monoisotopic (exact) mass is 605 g/mol. The van der Waals surface area contributed by atoms with E-state index in [1.165, 1.54) is 16.8 Å². The highest BCUT2D eigenvalue weighted by molar-refractivity contribution is 7.48. The van der Waals surface area contributed by atoms with Crippen LogP contribution in [0.15, 0.2) is 17.1 Å². The number of phosphoric acid groups is 2. The molecule has 0 radical (unpaired) electrons. The molecule has 40 heavy (non-hydrogen) atoms. The fourth-order valence-corrected chi connectivity index (χ4v) is 6.00. The summed E-state index contributed by atoms with van der Waals surface area (Å²) in [6.07, 6.45) is 0.966. The van der Waals surface area contributed by atoms with Gasteiger partial charge in [0.15, 0.2) is 0 Å². The summed E-state index contributed by atoms with van der Waals surface area (Å²) in [5, 5.41) is 17.7. The molecule has 0 spiro atoms. The second kappa shape index (κ2) is 17.6. The smallest absolute Gasteiger partial charge is 0.383 e. The second-order valence-corrected chi connectivity index (χ2v) is 11.9. The number of hydrogen-bond acceptors (Lipinski definition) is 14. The maximum atomic E-state index is 13.5. The number of nitrogens with zero attached hydrogens (tertiary/aromatic N) is 4. The first-order valence-corrected chi connectivity index (χ1v) is 16.0. The van der Waals surface area contributed by atoms with E-state index in [0.717, 1.165) is 12.8 Å². The maximum absolute atomic E-state index is 13.5. The first-order valence-electron chi connectivity index (χ1n) is 13.0. The predicted molar refractivity (Wildman–Crippen MR) is 142 cm³/mol. The minimum atomic E-state index is -4.19. The molecular weight excluding hydrogens is 568 g/mol. The molecule has 15 nitrogen and oxygen atoms in total. The van der Waals surface area contributed by atoms with E-state index in [4.69, 9.17) is 48.1 Å². The van der Waals surface area contributed by atoms with Crippen molar-refractivity contribution >= 4 is 21.5 Å². The summed E-state index contributed by atoms with van der Waals surface area (Å²) in [4.78, 5) is 16.2. The van der Waals surface area contributed by atoms with Gasteiger partial charge >= 0.3 is 21.3 Å². The van der Waals surface area contributed by atoms with E-state index >= 15 is 0 Å². The first-order chi connectivity index (χ1) is 19.2. The minimum Gasteiger partial charge on any atom is -0.383 e. The number of aromatic nitrogens is 2. The van der Waals surface area contributed by atoms with Crippen LogP contribution in [0.5, 0.6) is 0 Å². The van der Waals surface area contributed by atoms with Gasteiger partial charge in [0.2, 0.25) is 0 Å². The van der Waals surface area contributed by atoms with E-state index in [1.807, 2.05) is 26.0 Å². The van der Waals surface area contributed by atoms with Crippen molar-refractivity contribution < 1.29 is 41.0 Å². The number of phosphoric ester groups is 2. The number of nitrogens with two attached hydrogens (primary N) is 1. The van der Waals surface area contributed by atoms with Gasteiger partial charge in [0, 0.05) is 12.6 Å². The third-order valence-electron chi connectivity index (χ3n) is 5.42. The lowest BCUT2D eigenvalue weighted by atomic mass is 10.2. The van der Waals surface area contributed by atoms with Gasteiger partial charge in [0.05, 0.1) is 58.0 Å². The van der Waals surface area contributed by atoms with Crippen LogP contribution in [0.2, 0.25) is 0 Å². The molecule has 1 aromatic rings. The number of anilines is 1. The number of nitriles is 2. The van der Waals surface area contributed by atoms with Crippen LogP contribution in [0.1, 0.15) is 65.0 Å². The number of ether oxygens (including phenoxy) is 1. The molecule has 2 rings (SSSR count). The van der Waals surface area contributed by atoms with Gasteiger partial charge in [-0.2, -0.15) is 15.5 Å². The van der Waals surface area contributed by atoms with E-state index in [0.29, 0.717) is 12.8 Å². The first kappa shape index (κ1) is 34.0. The minimum absolute atomic E-state index is 0.0153. The van der Waals surface area contributed by atoms with E-state index in [-0.39, 0.29) is 51.5 Å². The zero-order valence-electron chi connectivity index (χ0n) is 22.7. The molecule has 2 unspecified atom stereocenters. The molecule has 1 aliphatic heterocycles. The van der Waals surface area contributed by atoms with Gasteiger partial charge in [-0.25, -0.2) is 13.9 Å². The number of unbranched alkanes of at least 4 members (excludes halogenated alkanes) is 2. The average molecular weight is 606 g/mol.